The maximum atomic E-state index is 5.55. The summed E-state index contributed by atoms with van der Waals surface area (Å²) in [6.07, 6.45) is 0. The minimum absolute atomic E-state index is 0.788. The zero-order valence-corrected chi connectivity index (χ0v) is 7.25. The van der Waals surface area contributed by atoms with E-state index in [1.165, 1.54) is 4.79 Å². The first-order valence-electron chi connectivity index (χ1n) is 3.17. The molecule has 1 heterocycles. The summed E-state index contributed by atoms with van der Waals surface area (Å²) < 4.78 is 0.788. The molecular weight excluding hydrogens is 206 g/mol. The Morgan fingerprint density at radius 1 is 1.36 bits per heavy atom. The smallest absolute Gasteiger partial charge is 0.138 e. The second-order valence-corrected chi connectivity index (χ2v) is 3.00. The van der Waals surface area contributed by atoms with Gasteiger partial charge in [0, 0.05) is 5.39 Å². The zero-order valence-electron chi connectivity index (χ0n) is 5.66. The van der Waals surface area contributed by atoms with E-state index in [-0.39, 0.29) is 0 Å². The first-order valence-corrected chi connectivity index (χ1v) is 3.96. The van der Waals surface area contributed by atoms with Crippen LogP contribution >= 0.6 is 15.9 Å². The number of halogens is 1. The van der Waals surface area contributed by atoms with Crippen molar-refractivity contribution in [2.75, 3.05) is 5.84 Å². The van der Waals surface area contributed by atoms with Crippen molar-refractivity contribution in [1.82, 2.24) is 9.89 Å². The Balaban J connectivity index is 2.95. The van der Waals surface area contributed by atoms with E-state index in [9.17, 15) is 0 Å². The van der Waals surface area contributed by atoms with Gasteiger partial charge in [-0.25, -0.2) is 0 Å². The van der Waals surface area contributed by atoms with Gasteiger partial charge in [-0.15, -0.1) is 5.10 Å². The molecule has 11 heavy (non-hydrogen) atoms. The van der Waals surface area contributed by atoms with Crippen LogP contribution in [0.5, 0.6) is 0 Å². The van der Waals surface area contributed by atoms with Crippen LogP contribution in [-0.4, -0.2) is 9.89 Å². The van der Waals surface area contributed by atoms with Crippen molar-refractivity contribution in [2.45, 2.75) is 0 Å². The molecule has 0 spiro atoms. The molecule has 0 saturated heterocycles. The fourth-order valence-electron chi connectivity index (χ4n) is 1.05. The molecular formula is C7H6BrN3. The first-order chi connectivity index (χ1) is 5.29. The molecule has 1 aromatic heterocycles. The largest absolute Gasteiger partial charge is 0.323 e. The molecule has 1 aromatic carbocycles. The number of nitrogen functional groups attached to an aromatic ring is 1. The lowest BCUT2D eigenvalue weighted by Gasteiger charge is -1.89. The third kappa shape index (κ3) is 0.903. The molecule has 0 radical (unpaired) electrons. The molecule has 0 aliphatic heterocycles. The van der Waals surface area contributed by atoms with Crippen LogP contribution in [0.25, 0.3) is 10.9 Å². The molecule has 0 unspecified atom stereocenters. The Labute approximate surface area is 71.9 Å². The summed E-state index contributed by atoms with van der Waals surface area (Å²) in [5, 5.41) is 5.04. The molecule has 0 amide bonds. The normalized spacial score (nSPS) is 10.6. The van der Waals surface area contributed by atoms with Gasteiger partial charge in [0.1, 0.15) is 4.60 Å². The van der Waals surface area contributed by atoms with Gasteiger partial charge >= 0.3 is 0 Å². The Bertz CT molecular complexity index is 357. The molecule has 0 bridgehead atoms. The lowest BCUT2D eigenvalue weighted by atomic mass is 10.3. The van der Waals surface area contributed by atoms with Crippen molar-refractivity contribution in [3.8, 4) is 0 Å². The van der Waals surface area contributed by atoms with E-state index in [1.807, 2.05) is 24.3 Å². The standard InChI is InChI=1S/C7H6BrN3/c8-7-5-3-1-2-4-6(5)11(9)10-7/h1-4H,9H2. The van der Waals surface area contributed by atoms with Crippen molar-refractivity contribution in [1.29, 1.82) is 0 Å². The molecule has 2 N–H and O–H groups in total. The number of para-hydroxylation sites is 1. The number of hydrogen-bond acceptors (Lipinski definition) is 2. The minimum Gasteiger partial charge on any atom is -0.323 e. The molecule has 2 aromatic rings. The SMILES string of the molecule is Nn1nc(Br)c2ccccc21. The van der Waals surface area contributed by atoms with Crippen molar-refractivity contribution >= 4 is 26.8 Å². The van der Waals surface area contributed by atoms with Gasteiger partial charge in [-0.2, -0.15) is 4.79 Å². The van der Waals surface area contributed by atoms with E-state index in [4.69, 9.17) is 5.84 Å². The predicted molar refractivity (Wildman–Crippen MR) is 47.6 cm³/mol. The Morgan fingerprint density at radius 3 is 2.82 bits per heavy atom. The summed E-state index contributed by atoms with van der Waals surface area (Å²) in [5.41, 5.74) is 0.930. The minimum atomic E-state index is 0.788. The van der Waals surface area contributed by atoms with Crippen LogP contribution < -0.4 is 5.84 Å². The Hall–Kier alpha value is -1.03. The number of rotatable bonds is 0. The zero-order chi connectivity index (χ0) is 7.84. The number of nitrogens with two attached hydrogens (primary N) is 1. The van der Waals surface area contributed by atoms with Gasteiger partial charge in [-0.05, 0) is 28.1 Å². The highest BCUT2D eigenvalue weighted by molar-refractivity contribution is 9.10. The van der Waals surface area contributed by atoms with Crippen molar-refractivity contribution in [3.05, 3.63) is 28.9 Å². The number of aromatic nitrogens is 2. The molecule has 0 fully saturated rings. The third-order valence-corrected chi connectivity index (χ3v) is 2.15. The highest BCUT2D eigenvalue weighted by Gasteiger charge is 2.03. The Morgan fingerprint density at radius 2 is 2.09 bits per heavy atom. The third-order valence-electron chi connectivity index (χ3n) is 1.57. The Kier molecular flexibility index (Phi) is 1.35. The van der Waals surface area contributed by atoms with Crippen molar-refractivity contribution in [2.24, 2.45) is 0 Å². The van der Waals surface area contributed by atoms with Crippen LogP contribution in [0.15, 0.2) is 28.9 Å². The molecule has 0 saturated carbocycles. The lowest BCUT2D eigenvalue weighted by Crippen LogP contribution is -2.08. The number of hydrogen-bond donors (Lipinski definition) is 1. The molecule has 56 valence electrons. The van der Waals surface area contributed by atoms with Gasteiger partial charge in [0.2, 0.25) is 0 Å². The van der Waals surface area contributed by atoms with E-state index in [1.54, 1.807) is 0 Å². The van der Waals surface area contributed by atoms with Crippen LogP contribution in [0.2, 0.25) is 0 Å². The molecule has 0 atom stereocenters. The highest BCUT2D eigenvalue weighted by atomic mass is 79.9. The maximum absolute atomic E-state index is 5.55. The number of fused-ring (bicyclic) bond motifs is 1. The molecule has 2 rings (SSSR count). The predicted octanol–water partition coefficient (Wildman–Crippen LogP) is 1.51. The molecule has 0 aliphatic rings. The molecule has 3 nitrogen and oxygen atoms in total. The number of nitrogens with zero attached hydrogens (tertiary/aromatic N) is 2. The van der Waals surface area contributed by atoms with Gasteiger partial charge < -0.3 is 5.84 Å². The fourth-order valence-corrected chi connectivity index (χ4v) is 1.56. The van der Waals surface area contributed by atoms with Crippen molar-refractivity contribution in [3.63, 3.8) is 0 Å². The summed E-state index contributed by atoms with van der Waals surface area (Å²) in [7, 11) is 0. The first kappa shape index (κ1) is 6.67. The van der Waals surface area contributed by atoms with Gasteiger partial charge in [-0.3, -0.25) is 0 Å². The fraction of sp³-hybridized carbons (Fsp3) is 0. The van der Waals surface area contributed by atoms with E-state index in [0.29, 0.717) is 0 Å². The van der Waals surface area contributed by atoms with Crippen LogP contribution in [-0.2, 0) is 0 Å². The highest BCUT2D eigenvalue weighted by Crippen LogP contribution is 2.20. The molecule has 0 aliphatic carbocycles. The summed E-state index contributed by atoms with van der Waals surface area (Å²) in [5.74, 6) is 5.55. The summed E-state index contributed by atoms with van der Waals surface area (Å²) >= 11 is 3.31. The van der Waals surface area contributed by atoms with Crippen LogP contribution in [0.3, 0.4) is 0 Å². The topological polar surface area (TPSA) is 43.8 Å². The lowest BCUT2D eigenvalue weighted by molar-refractivity contribution is 0.852. The van der Waals surface area contributed by atoms with E-state index in [0.717, 1.165) is 15.5 Å². The summed E-state index contributed by atoms with van der Waals surface area (Å²) in [4.78, 5) is 1.36. The van der Waals surface area contributed by atoms with E-state index in [2.05, 4.69) is 21.0 Å². The average Bonchev–Trinajstić information content (AvgIpc) is 2.30. The second kappa shape index (κ2) is 2.23. The van der Waals surface area contributed by atoms with Gasteiger partial charge in [0.25, 0.3) is 0 Å². The molecule has 4 heteroatoms. The maximum Gasteiger partial charge on any atom is 0.138 e. The monoisotopic (exact) mass is 211 g/mol. The van der Waals surface area contributed by atoms with E-state index < -0.39 is 0 Å². The summed E-state index contributed by atoms with van der Waals surface area (Å²) in [6.45, 7) is 0. The van der Waals surface area contributed by atoms with Crippen LogP contribution in [0, 0.1) is 0 Å². The quantitative estimate of drug-likeness (QED) is 0.672. The summed E-state index contributed by atoms with van der Waals surface area (Å²) in [6, 6.07) is 7.78. The average molecular weight is 212 g/mol. The van der Waals surface area contributed by atoms with Crippen molar-refractivity contribution < 1.29 is 0 Å². The van der Waals surface area contributed by atoms with E-state index >= 15 is 0 Å². The van der Waals surface area contributed by atoms with Gasteiger partial charge in [-0.1, -0.05) is 12.1 Å². The van der Waals surface area contributed by atoms with Crippen LogP contribution in [0.4, 0.5) is 0 Å². The van der Waals surface area contributed by atoms with Gasteiger partial charge in [0.05, 0.1) is 5.52 Å². The van der Waals surface area contributed by atoms with Gasteiger partial charge in [0.15, 0.2) is 0 Å². The number of benzene rings is 1. The second-order valence-electron chi connectivity index (χ2n) is 2.25. The van der Waals surface area contributed by atoms with Crippen LogP contribution in [0.1, 0.15) is 0 Å².